The molecule has 3 aromatic heterocycles. The van der Waals surface area contributed by atoms with Gasteiger partial charge in [-0.05, 0) is 96.3 Å². The molecule has 0 aliphatic heterocycles. The van der Waals surface area contributed by atoms with Gasteiger partial charge in [0.1, 0.15) is 11.2 Å². The summed E-state index contributed by atoms with van der Waals surface area (Å²) in [6.45, 7) is 0. The summed E-state index contributed by atoms with van der Waals surface area (Å²) in [6.07, 6.45) is 8.82. The maximum Gasteiger partial charge on any atom is 0.143 e. The molecule has 0 radical (unpaired) electrons. The number of furan rings is 1. The van der Waals surface area contributed by atoms with Gasteiger partial charge >= 0.3 is 0 Å². The highest BCUT2D eigenvalue weighted by Gasteiger charge is 2.21. The van der Waals surface area contributed by atoms with Crippen LogP contribution in [0.2, 0.25) is 0 Å². The van der Waals surface area contributed by atoms with Crippen LogP contribution in [0.3, 0.4) is 0 Å². The molecule has 0 amide bonds. The molecule has 58 heavy (non-hydrogen) atoms. The van der Waals surface area contributed by atoms with Gasteiger partial charge in [0.15, 0.2) is 0 Å². The second-order valence-electron chi connectivity index (χ2n) is 15.2. The first-order chi connectivity index (χ1) is 28.8. The Bertz CT molecular complexity index is 3440. The van der Waals surface area contributed by atoms with E-state index in [4.69, 9.17) is 4.42 Å². The van der Waals surface area contributed by atoms with Gasteiger partial charge < -0.3 is 13.9 Å². The zero-order chi connectivity index (χ0) is 38.2. The zero-order valence-corrected chi connectivity index (χ0v) is 32.4. The number of para-hydroxylation sites is 3. The highest BCUT2D eigenvalue weighted by Crippen LogP contribution is 2.46. The molecule has 4 heteroatoms. The van der Waals surface area contributed by atoms with Gasteiger partial charge in [0.2, 0.25) is 0 Å². The molecule has 3 nitrogen and oxygen atoms in total. The number of rotatable bonds is 6. The fourth-order valence-corrected chi connectivity index (χ4v) is 10.4. The van der Waals surface area contributed by atoms with Gasteiger partial charge in [-0.3, -0.25) is 0 Å². The molecule has 0 spiro atoms. The average Bonchev–Trinajstić information content (AvgIpc) is 3.97. The van der Waals surface area contributed by atoms with Crippen molar-refractivity contribution < 1.29 is 4.42 Å². The summed E-state index contributed by atoms with van der Waals surface area (Å²) in [7, 11) is 0. The van der Waals surface area contributed by atoms with E-state index in [-0.39, 0.29) is 0 Å². The summed E-state index contributed by atoms with van der Waals surface area (Å²) in [5.74, 6) is 0. The van der Waals surface area contributed by atoms with E-state index in [1.807, 2.05) is 23.5 Å². The Balaban J connectivity index is 1.05. The molecular weight excluding hydrogens is 725 g/mol. The molecule has 0 unspecified atom stereocenters. The van der Waals surface area contributed by atoms with Gasteiger partial charge in [0.05, 0.1) is 11.0 Å². The molecule has 11 aromatic rings. The minimum Gasteiger partial charge on any atom is -0.455 e. The number of hydrogen-bond acceptors (Lipinski definition) is 3. The third-order valence-corrected chi connectivity index (χ3v) is 13.1. The largest absolute Gasteiger partial charge is 0.455 e. The minimum atomic E-state index is 0.910. The molecule has 0 N–H and O–H groups in total. The van der Waals surface area contributed by atoms with Crippen molar-refractivity contribution >= 4 is 97.9 Å². The van der Waals surface area contributed by atoms with Crippen molar-refractivity contribution in [2.24, 2.45) is 0 Å². The number of benzene rings is 8. The molecule has 12 rings (SSSR count). The van der Waals surface area contributed by atoms with E-state index in [9.17, 15) is 0 Å². The van der Waals surface area contributed by atoms with E-state index in [1.165, 1.54) is 53.1 Å². The van der Waals surface area contributed by atoms with E-state index in [0.29, 0.717) is 0 Å². The van der Waals surface area contributed by atoms with Crippen molar-refractivity contribution in [1.29, 1.82) is 0 Å². The van der Waals surface area contributed by atoms with Crippen molar-refractivity contribution in [2.45, 2.75) is 12.8 Å². The summed E-state index contributed by atoms with van der Waals surface area (Å²) >= 11 is 1.89. The Morgan fingerprint density at radius 1 is 0.534 bits per heavy atom. The Morgan fingerprint density at radius 2 is 1.24 bits per heavy atom. The molecule has 274 valence electrons. The number of nitrogens with zero attached hydrogens (tertiary/aromatic N) is 2. The van der Waals surface area contributed by atoms with Crippen LogP contribution in [0.25, 0.3) is 86.3 Å². The standard InChI is InChI=1S/C54H36N2OS/c1-3-12-35(13-4-1)36-22-26-39(27-23-36)55(40-28-24-37(25-29-40)42-18-11-19-45-43-16-7-9-20-50(43)57-53(42)45)41-30-31-47-49(34-41)56(38-14-5-2-6-15-38)48-33-32-46-44-17-8-10-21-51(44)58-54(46)52(47)48/h1-3,5-12,14-34H,4,13H2. The number of fused-ring (bicyclic) bond motifs is 10. The number of hydrogen-bond donors (Lipinski definition) is 0. The van der Waals surface area contributed by atoms with Crippen molar-refractivity contribution in [3.63, 3.8) is 0 Å². The summed E-state index contributed by atoms with van der Waals surface area (Å²) in [5, 5.41) is 7.46. The van der Waals surface area contributed by atoms with E-state index in [1.54, 1.807) is 0 Å². The van der Waals surface area contributed by atoms with Crippen LogP contribution in [-0.2, 0) is 0 Å². The van der Waals surface area contributed by atoms with Gasteiger partial charge in [-0.2, -0.15) is 0 Å². The number of anilines is 3. The first kappa shape index (κ1) is 33.0. The molecule has 0 saturated heterocycles. The lowest BCUT2D eigenvalue weighted by Crippen LogP contribution is -2.10. The van der Waals surface area contributed by atoms with Crippen LogP contribution in [0.4, 0.5) is 17.1 Å². The first-order valence-electron chi connectivity index (χ1n) is 20.0. The topological polar surface area (TPSA) is 21.3 Å². The molecular formula is C54H36N2OS. The Morgan fingerprint density at radius 3 is 2.05 bits per heavy atom. The van der Waals surface area contributed by atoms with Gasteiger partial charge in [0.25, 0.3) is 0 Å². The summed E-state index contributed by atoms with van der Waals surface area (Å²) in [5.41, 5.74) is 13.5. The summed E-state index contributed by atoms with van der Waals surface area (Å²) in [6, 6.07) is 64.0. The smallest absolute Gasteiger partial charge is 0.143 e. The normalized spacial score (nSPS) is 13.1. The van der Waals surface area contributed by atoms with Crippen molar-refractivity contribution in [2.75, 3.05) is 4.90 Å². The molecule has 0 saturated carbocycles. The predicted octanol–water partition coefficient (Wildman–Crippen LogP) is 15.9. The average molecular weight is 761 g/mol. The van der Waals surface area contributed by atoms with Crippen LogP contribution in [0.1, 0.15) is 18.4 Å². The molecule has 1 aliphatic carbocycles. The third kappa shape index (κ3) is 5.19. The minimum absolute atomic E-state index is 0.910. The second kappa shape index (κ2) is 13.2. The van der Waals surface area contributed by atoms with E-state index >= 15 is 0 Å². The van der Waals surface area contributed by atoms with Gasteiger partial charge in [-0.15, -0.1) is 11.3 Å². The SMILES string of the molecule is C1=CCCC(c2ccc(N(c3ccc(-c4cccc5c4oc4ccccc45)cc3)c3ccc4c5c6sc7ccccc7c6ccc5n(-c5ccccc5)c4c3)cc2)=C1. The number of aromatic nitrogens is 1. The van der Waals surface area contributed by atoms with Crippen molar-refractivity contribution in [3.05, 3.63) is 200 Å². The number of thiophene rings is 1. The van der Waals surface area contributed by atoms with Gasteiger partial charge in [-0.25, -0.2) is 0 Å². The summed E-state index contributed by atoms with van der Waals surface area (Å²) in [4.78, 5) is 2.39. The molecule has 0 fully saturated rings. The van der Waals surface area contributed by atoms with Gasteiger partial charge in [0, 0.05) is 70.0 Å². The highest BCUT2D eigenvalue weighted by molar-refractivity contribution is 7.26. The number of allylic oxidation sites excluding steroid dienone is 4. The van der Waals surface area contributed by atoms with E-state index in [2.05, 4.69) is 191 Å². The molecule has 0 bridgehead atoms. The third-order valence-electron chi connectivity index (χ3n) is 11.9. The van der Waals surface area contributed by atoms with Crippen LogP contribution in [0.5, 0.6) is 0 Å². The highest BCUT2D eigenvalue weighted by atomic mass is 32.1. The molecule has 1 aliphatic rings. The Kier molecular flexibility index (Phi) is 7.54. The Labute approximate surface area is 339 Å². The maximum absolute atomic E-state index is 6.45. The van der Waals surface area contributed by atoms with Crippen molar-refractivity contribution in [1.82, 2.24) is 4.57 Å². The van der Waals surface area contributed by atoms with Crippen LogP contribution < -0.4 is 4.90 Å². The van der Waals surface area contributed by atoms with Gasteiger partial charge in [-0.1, -0.05) is 127 Å². The first-order valence-corrected chi connectivity index (χ1v) is 20.8. The summed E-state index contributed by atoms with van der Waals surface area (Å²) < 4.78 is 11.5. The van der Waals surface area contributed by atoms with E-state index in [0.717, 1.165) is 68.7 Å². The fraction of sp³-hybridized carbons (Fsp3) is 0.0370. The second-order valence-corrected chi connectivity index (χ2v) is 16.2. The lowest BCUT2D eigenvalue weighted by Gasteiger charge is -2.26. The lowest BCUT2D eigenvalue weighted by molar-refractivity contribution is 0.670. The molecule has 3 heterocycles. The Hall–Kier alpha value is -7.14. The van der Waals surface area contributed by atoms with Crippen LogP contribution in [-0.4, -0.2) is 4.57 Å². The fourth-order valence-electron chi connectivity index (χ4n) is 9.15. The van der Waals surface area contributed by atoms with Crippen molar-refractivity contribution in [3.8, 4) is 16.8 Å². The van der Waals surface area contributed by atoms with Crippen LogP contribution in [0.15, 0.2) is 199 Å². The van der Waals surface area contributed by atoms with E-state index < -0.39 is 0 Å². The lowest BCUT2D eigenvalue weighted by atomic mass is 9.97. The van der Waals surface area contributed by atoms with Crippen LogP contribution >= 0.6 is 11.3 Å². The monoisotopic (exact) mass is 760 g/mol. The van der Waals surface area contributed by atoms with Crippen LogP contribution in [0, 0.1) is 0 Å². The molecule has 8 aromatic carbocycles. The zero-order valence-electron chi connectivity index (χ0n) is 31.6. The predicted molar refractivity (Wildman–Crippen MR) is 247 cm³/mol. The quantitative estimate of drug-likeness (QED) is 0.168. The molecule has 0 atom stereocenters. The maximum atomic E-state index is 6.45.